The molecular formula is C11H14Br. The van der Waals surface area contributed by atoms with Crippen molar-refractivity contribution in [2.75, 3.05) is 5.33 Å². The second-order valence-corrected chi connectivity index (χ2v) is 3.67. The molecule has 0 N–H and O–H groups in total. The largest absolute Gasteiger partial charge is 0.0928 e. The van der Waals surface area contributed by atoms with Crippen molar-refractivity contribution < 1.29 is 0 Å². The second kappa shape index (κ2) is 5.36. The van der Waals surface area contributed by atoms with Crippen LogP contribution in [0.1, 0.15) is 24.3 Å². The topological polar surface area (TPSA) is 0 Å². The highest BCUT2D eigenvalue weighted by Crippen LogP contribution is 2.23. The Morgan fingerprint density at radius 3 is 2.42 bits per heavy atom. The first-order chi connectivity index (χ1) is 5.88. The van der Waals surface area contributed by atoms with Crippen LogP contribution in [0.5, 0.6) is 0 Å². The van der Waals surface area contributed by atoms with E-state index in [9.17, 15) is 0 Å². The van der Waals surface area contributed by atoms with E-state index in [4.69, 9.17) is 0 Å². The lowest BCUT2D eigenvalue weighted by molar-refractivity contribution is 0.681. The first-order valence-electron chi connectivity index (χ1n) is 4.28. The van der Waals surface area contributed by atoms with Gasteiger partial charge in [-0.15, -0.1) is 0 Å². The van der Waals surface area contributed by atoms with E-state index in [1.165, 1.54) is 12.0 Å². The lowest BCUT2D eigenvalue weighted by Crippen LogP contribution is -1.97. The number of rotatable bonds is 4. The second-order valence-electron chi connectivity index (χ2n) is 2.87. The molecule has 0 amide bonds. The molecule has 1 unspecified atom stereocenters. The van der Waals surface area contributed by atoms with Crippen molar-refractivity contribution in [3.05, 3.63) is 42.8 Å². The highest BCUT2D eigenvalue weighted by Gasteiger charge is 2.06. The molecule has 0 saturated carbocycles. The Hall–Kier alpha value is -0.300. The van der Waals surface area contributed by atoms with Crippen molar-refractivity contribution in [2.45, 2.75) is 18.8 Å². The van der Waals surface area contributed by atoms with Gasteiger partial charge in [0.1, 0.15) is 0 Å². The van der Waals surface area contributed by atoms with E-state index in [0.717, 1.165) is 11.8 Å². The summed E-state index contributed by atoms with van der Waals surface area (Å²) in [6.45, 7) is 3.96. The Labute approximate surface area is 83.1 Å². The normalized spacial score (nSPS) is 12.8. The van der Waals surface area contributed by atoms with Crippen molar-refractivity contribution in [1.82, 2.24) is 0 Å². The molecule has 0 aliphatic carbocycles. The molecule has 1 atom stereocenters. The maximum atomic E-state index is 3.96. The van der Waals surface area contributed by atoms with Crippen LogP contribution in [0.4, 0.5) is 0 Å². The molecule has 12 heavy (non-hydrogen) atoms. The molecule has 0 aromatic heterocycles. The van der Waals surface area contributed by atoms with Crippen LogP contribution in [-0.2, 0) is 0 Å². The van der Waals surface area contributed by atoms with Gasteiger partial charge in [-0.05, 0) is 24.3 Å². The smallest absolute Gasteiger partial charge is 0.00371 e. The summed E-state index contributed by atoms with van der Waals surface area (Å²) in [4.78, 5) is 0. The molecule has 65 valence electrons. The summed E-state index contributed by atoms with van der Waals surface area (Å²) in [5.74, 6) is 0.616. The molecule has 0 aliphatic heterocycles. The maximum Gasteiger partial charge on any atom is 0.00371 e. The predicted octanol–water partition coefficient (Wildman–Crippen LogP) is 3.78. The molecule has 1 radical (unpaired) electrons. The van der Waals surface area contributed by atoms with E-state index in [-0.39, 0.29) is 0 Å². The van der Waals surface area contributed by atoms with Gasteiger partial charge in [0.2, 0.25) is 0 Å². The Morgan fingerprint density at radius 1 is 1.25 bits per heavy atom. The third-order valence-electron chi connectivity index (χ3n) is 2.08. The van der Waals surface area contributed by atoms with E-state index in [2.05, 4.69) is 53.2 Å². The molecule has 1 heteroatoms. The summed E-state index contributed by atoms with van der Waals surface area (Å²) in [6.07, 6.45) is 2.16. The fourth-order valence-electron chi connectivity index (χ4n) is 1.33. The summed E-state index contributed by atoms with van der Waals surface area (Å²) >= 11 is 3.46. The van der Waals surface area contributed by atoms with Crippen LogP contribution >= 0.6 is 15.9 Å². The third-order valence-corrected chi connectivity index (χ3v) is 2.53. The highest BCUT2D eigenvalue weighted by molar-refractivity contribution is 9.09. The van der Waals surface area contributed by atoms with Gasteiger partial charge in [0.05, 0.1) is 0 Å². The number of benzene rings is 1. The average Bonchev–Trinajstić information content (AvgIpc) is 2.15. The average molecular weight is 226 g/mol. The van der Waals surface area contributed by atoms with Gasteiger partial charge in [-0.25, -0.2) is 0 Å². The van der Waals surface area contributed by atoms with Crippen LogP contribution in [0.3, 0.4) is 0 Å². The zero-order valence-corrected chi connectivity index (χ0v) is 8.76. The summed E-state index contributed by atoms with van der Waals surface area (Å²) in [6, 6.07) is 10.6. The van der Waals surface area contributed by atoms with Crippen LogP contribution in [0.25, 0.3) is 0 Å². The summed E-state index contributed by atoms with van der Waals surface area (Å²) < 4.78 is 0. The lowest BCUT2D eigenvalue weighted by Gasteiger charge is -2.12. The van der Waals surface area contributed by atoms with Crippen LogP contribution in [0.2, 0.25) is 0 Å². The zero-order valence-electron chi connectivity index (χ0n) is 7.17. The number of hydrogen-bond donors (Lipinski definition) is 0. The molecule has 0 fully saturated rings. The SMILES string of the molecule is [CH2]CC(CCBr)c1ccccc1. The van der Waals surface area contributed by atoms with Gasteiger partial charge in [0.15, 0.2) is 0 Å². The van der Waals surface area contributed by atoms with Crippen molar-refractivity contribution in [3.63, 3.8) is 0 Å². The molecular weight excluding hydrogens is 212 g/mol. The van der Waals surface area contributed by atoms with Crippen LogP contribution < -0.4 is 0 Å². The Balaban J connectivity index is 2.66. The van der Waals surface area contributed by atoms with Gasteiger partial charge in [-0.1, -0.05) is 53.2 Å². The van der Waals surface area contributed by atoms with E-state index in [1.54, 1.807) is 0 Å². The molecule has 1 aromatic carbocycles. The summed E-state index contributed by atoms with van der Waals surface area (Å²) in [7, 11) is 0. The molecule has 0 saturated heterocycles. The highest BCUT2D eigenvalue weighted by atomic mass is 79.9. The Morgan fingerprint density at radius 2 is 1.92 bits per heavy atom. The molecule has 1 rings (SSSR count). The standard InChI is InChI=1S/C11H14Br/c1-2-10(8-9-12)11-6-4-3-5-7-11/h3-7,10H,1-2,8-9H2. The van der Waals surface area contributed by atoms with E-state index in [1.807, 2.05) is 0 Å². The van der Waals surface area contributed by atoms with Crippen molar-refractivity contribution in [1.29, 1.82) is 0 Å². The molecule has 0 aliphatic rings. The molecule has 0 nitrogen and oxygen atoms in total. The molecule has 0 spiro atoms. The monoisotopic (exact) mass is 225 g/mol. The minimum atomic E-state index is 0.616. The minimum Gasteiger partial charge on any atom is -0.0928 e. The van der Waals surface area contributed by atoms with Crippen molar-refractivity contribution in [3.8, 4) is 0 Å². The molecule has 1 aromatic rings. The number of halogens is 1. The fourth-order valence-corrected chi connectivity index (χ4v) is 1.89. The first kappa shape index (κ1) is 9.79. The third kappa shape index (κ3) is 2.63. The van der Waals surface area contributed by atoms with Gasteiger partial charge in [0.25, 0.3) is 0 Å². The van der Waals surface area contributed by atoms with Crippen LogP contribution in [0.15, 0.2) is 30.3 Å². The summed E-state index contributed by atoms with van der Waals surface area (Å²) in [5, 5.41) is 1.06. The Bertz CT molecular complexity index is 206. The number of hydrogen-bond acceptors (Lipinski definition) is 0. The Kier molecular flexibility index (Phi) is 4.37. The molecule has 0 bridgehead atoms. The molecule has 0 heterocycles. The van der Waals surface area contributed by atoms with Crippen molar-refractivity contribution in [2.24, 2.45) is 0 Å². The van der Waals surface area contributed by atoms with Crippen LogP contribution in [0, 0.1) is 6.92 Å². The van der Waals surface area contributed by atoms with Gasteiger partial charge in [0, 0.05) is 5.33 Å². The van der Waals surface area contributed by atoms with Crippen LogP contribution in [-0.4, -0.2) is 5.33 Å². The van der Waals surface area contributed by atoms with Crippen molar-refractivity contribution >= 4 is 15.9 Å². The lowest BCUT2D eigenvalue weighted by atomic mass is 9.94. The number of alkyl halides is 1. The van der Waals surface area contributed by atoms with Gasteiger partial charge in [-0.3, -0.25) is 0 Å². The zero-order chi connectivity index (χ0) is 8.81. The first-order valence-corrected chi connectivity index (χ1v) is 5.40. The van der Waals surface area contributed by atoms with Gasteiger partial charge >= 0.3 is 0 Å². The predicted molar refractivity (Wildman–Crippen MR) is 57.6 cm³/mol. The minimum absolute atomic E-state index is 0.616. The van der Waals surface area contributed by atoms with Gasteiger partial charge in [-0.2, -0.15) is 0 Å². The van der Waals surface area contributed by atoms with E-state index in [0.29, 0.717) is 5.92 Å². The van der Waals surface area contributed by atoms with E-state index >= 15 is 0 Å². The fraction of sp³-hybridized carbons (Fsp3) is 0.364. The van der Waals surface area contributed by atoms with E-state index < -0.39 is 0 Å². The maximum absolute atomic E-state index is 3.96. The summed E-state index contributed by atoms with van der Waals surface area (Å²) in [5.41, 5.74) is 1.41. The van der Waals surface area contributed by atoms with Gasteiger partial charge < -0.3 is 0 Å². The quantitative estimate of drug-likeness (QED) is 0.685.